The van der Waals surface area contributed by atoms with Crippen molar-refractivity contribution in [3.8, 4) is 5.75 Å². The molecule has 2 aromatic rings. The summed E-state index contributed by atoms with van der Waals surface area (Å²) in [6, 6.07) is 4.44. The Bertz CT molecular complexity index is 638. The Morgan fingerprint density at radius 3 is 3.14 bits per heavy atom. The maximum Gasteiger partial charge on any atom is 0.127 e. The van der Waals surface area contributed by atoms with Gasteiger partial charge in [0.25, 0.3) is 0 Å². The van der Waals surface area contributed by atoms with E-state index in [4.69, 9.17) is 10.5 Å². The molecule has 0 aliphatic carbocycles. The molecule has 0 fully saturated rings. The zero-order chi connectivity index (χ0) is 14.8. The molecule has 2 heterocycles. The average molecular weight is 350 g/mol. The smallest absolute Gasteiger partial charge is 0.127 e. The van der Waals surface area contributed by atoms with Crippen molar-refractivity contribution in [2.45, 2.75) is 38.8 Å². The highest BCUT2D eigenvalue weighted by atomic mass is 79.9. The number of benzene rings is 1. The van der Waals surface area contributed by atoms with Crippen LogP contribution in [0.5, 0.6) is 5.75 Å². The molecule has 0 bridgehead atoms. The number of ether oxygens (including phenoxy) is 1. The topological polar surface area (TPSA) is 53.1 Å². The molecule has 1 aromatic carbocycles. The molecule has 0 spiro atoms. The Balaban J connectivity index is 1.86. The number of rotatable bonds is 5. The van der Waals surface area contributed by atoms with Crippen molar-refractivity contribution in [1.29, 1.82) is 0 Å². The van der Waals surface area contributed by atoms with Crippen LogP contribution in [0.3, 0.4) is 0 Å². The van der Waals surface area contributed by atoms with Crippen molar-refractivity contribution in [2.24, 2.45) is 5.73 Å². The van der Waals surface area contributed by atoms with Gasteiger partial charge in [0, 0.05) is 41.3 Å². The van der Waals surface area contributed by atoms with Crippen LogP contribution < -0.4 is 10.5 Å². The van der Waals surface area contributed by atoms with Gasteiger partial charge in [-0.3, -0.25) is 0 Å². The lowest BCUT2D eigenvalue weighted by atomic mass is 10.1. The highest BCUT2D eigenvalue weighted by Crippen LogP contribution is 2.33. The summed E-state index contributed by atoms with van der Waals surface area (Å²) in [5.74, 6) is 2.08. The van der Waals surface area contributed by atoms with Crippen LogP contribution in [0.25, 0.3) is 0 Å². The molecule has 5 heteroatoms. The van der Waals surface area contributed by atoms with Crippen molar-refractivity contribution in [3.05, 3.63) is 46.0 Å². The molecule has 112 valence electrons. The summed E-state index contributed by atoms with van der Waals surface area (Å²) in [5.41, 5.74) is 8.53. The van der Waals surface area contributed by atoms with Crippen LogP contribution in [0.2, 0.25) is 0 Å². The van der Waals surface area contributed by atoms with Gasteiger partial charge in [-0.25, -0.2) is 4.98 Å². The van der Waals surface area contributed by atoms with Gasteiger partial charge in [0.15, 0.2) is 0 Å². The van der Waals surface area contributed by atoms with E-state index in [-0.39, 0.29) is 6.04 Å². The summed E-state index contributed by atoms with van der Waals surface area (Å²) < 4.78 is 9.07. The Hall–Kier alpha value is -1.33. The Morgan fingerprint density at radius 2 is 2.33 bits per heavy atom. The first-order valence-electron chi connectivity index (χ1n) is 7.37. The molecule has 2 N–H and O–H groups in total. The molecule has 0 amide bonds. The first-order valence-corrected chi connectivity index (χ1v) is 8.16. The van der Waals surface area contributed by atoms with E-state index in [1.165, 1.54) is 11.1 Å². The van der Waals surface area contributed by atoms with E-state index >= 15 is 0 Å². The molecule has 1 atom stereocenters. The van der Waals surface area contributed by atoms with Gasteiger partial charge in [0.05, 0.1) is 13.2 Å². The van der Waals surface area contributed by atoms with Crippen LogP contribution >= 0.6 is 15.9 Å². The predicted octanol–water partition coefficient (Wildman–Crippen LogP) is 2.91. The first-order chi connectivity index (χ1) is 10.2. The molecule has 1 aromatic heterocycles. The van der Waals surface area contributed by atoms with Crippen LogP contribution in [0, 0.1) is 0 Å². The molecular weight excluding hydrogens is 330 g/mol. The number of aromatic nitrogens is 2. The van der Waals surface area contributed by atoms with E-state index < -0.39 is 0 Å². The monoisotopic (exact) mass is 349 g/mol. The zero-order valence-electron chi connectivity index (χ0n) is 12.2. The maximum atomic E-state index is 6.06. The van der Waals surface area contributed by atoms with E-state index in [1.807, 2.05) is 12.4 Å². The summed E-state index contributed by atoms with van der Waals surface area (Å²) in [5, 5.41) is 0. The van der Waals surface area contributed by atoms with Crippen LogP contribution in [0.4, 0.5) is 0 Å². The zero-order valence-corrected chi connectivity index (χ0v) is 13.8. The number of halogens is 1. The highest BCUT2D eigenvalue weighted by molar-refractivity contribution is 9.10. The molecule has 0 radical (unpaired) electrons. The molecule has 0 saturated heterocycles. The fourth-order valence-corrected chi connectivity index (χ4v) is 3.25. The highest BCUT2D eigenvalue weighted by Gasteiger charge is 2.18. The van der Waals surface area contributed by atoms with E-state index in [2.05, 4.69) is 44.5 Å². The van der Waals surface area contributed by atoms with Crippen molar-refractivity contribution in [3.63, 3.8) is 0 Å². The number of imidazole rings is 1. The van der Waals surface area contributed by atoms with Gasteiger partial charge in [-0.1, -0.05) is 22.9 Å². The number of nitrogens with two attached hydrogens (primary N) is 1. The maximum absolute atomic E-state index is 6.06. The van der Waals surface area contributed by atoms with Gasteiger partial charge in [-0.2, -0.15) is 0 Å². The number of hydrogen-bond donors (Lipinski definition) is 1. The molecule has 1 aliphatic heterocycles. The van der Waals surface area contributed by atoms with E-state index in [0.717, 1.165) is 48.5 Å². The fraction of sp³-hybridized carbons (Fsp3) is 0.438. The van der Waals surface area contributed by atoms with Gasteiger partial charge in [0.1, 0.15) is 11.6 Å². The minimum atomic E-state index is 0.163. The van der Waals surface area contributed by atoms with Crippen molar-refractivity contribution < 1.29 is 4.74 Å². The van der Waals surface area contributed by atoms with Crippen LogP contribution in [-0.2, 0) is 19.4 Å². The van der Waals surface area contributed by atoms with E-state index in [1.54, 1.807) is 0 Å². The van der Waals surface area contributed by atoms with Gasteiger partial charge >= 0.3 is 0 Å². The molecule has 21 heavy (non-hydrogen) atoms. The number of nitrogens with zero attached hydrogens (tertiary/aromatic N) is 2. The molecule has 1 unspecified atom stereocenters. The third kappa shape index (κ3) is 3.14. The lowest BCUT2D eigenvalue weighted by Crippen LogP contribution is -2.23. The number of hydrogen-bond acceptors (Lipinski definition) is 3. The van der Waals surface area contributed by atoms with Crippen LogP contribution in [0.1, 0.15) is 30.3 Å². The normalized spacial score (nSPS) is 14.8. The quantitative estimate of drug-likeness (QED) is 0.902. The lowest BCUT2D eigenvalue weighted by Gasteiger charge is -2.14. The molecule has 0 saturated carbocycles. The molecular formula is C16H20BrN3O. The van der Waals surface area contributed by atoms with E-state index in [9.17, 15) is 0 Å². The summed E-state index contributed by atoms with van der Waals surface area (Å²) in [6.45, 7) is 3.65. The predicted molar refractivity (Wildman–Crippen MR) is 86.6 cm³/mol. The van der Waals surface area contributed by atoms with Crippen LogP contribution in [0.15, 0.2) is 29.0 Å². The molecule has 4 nitrogen and oxygen atoms in total. The molecule has 3 rings (SSSR count). The second kappa shape index (κ2) is 6.20. The minimum Gasteiger partial charge on any atom is -0.493 e. The largest absolute Gasteiger partial charge is 0.493 e. The standard InChI is InChI=1S/C16H20BrN3O/c1-2-14(18)9-15-19-4-5-20(15)10-12-8-13(17)7-11-3-6-21-16(11)12/h4-5,7-8,14H,2-3,6,9-10,18H2,1H3. The van der Waals surface area contributed by atoms with Gasteiger partial charge in [0.2, 0.25) is 0 Å². The number of fused-ring (bicyclic) bond motifs is 1. The van der Waals surface area contributed by atoms with Gasteiger partial charge in [-0.15, -0.1) is 0 Å². The SMILES string of the molecule is CCC(N)Cc1nccn1Cc1cc(Br)cc2c1OCC2. The first kappa shape index (κ1) is 14.6. The average Bonchev–Trinajstić information content (AvgIpc) is 3.08. The third-order valence-corrected chi connectivity index (χ3v) is 4.39. The van der Waals surface area contributed by atoms with Crippen molar-refractivity contribution >= 4 is 15.9 Å². The lowest BCUT2D eigenvalue weighted by molar-refractivity contribution is 0.352. The van der Waals surface area contributed by atoms with Gasteiger partial charge < -0.3 is 15.0 Å². The summed E-state index contributed by atoms with van der Waals surface area (Å²) in [6.07, 6.45) is 6.61. The summed E-state index contributed by atoms with van der Waals surface area (Å²) in [4.78, 5) is 4.45. The van der Waals surface area contributed by atoms with Gasteiger partial charge in [-0.05, 0) is 24.1 Å². The fourth-order valence-electron chi connectivity index (χ4n) is 2.70. The molecule has 1 aliphatic rings. The van der Waals surface area contributed by atoms with Crippen molar-refractivity contribution in [2.75, 3.05) is 6.61 Å². The summed E-state index contributed by atoms with van der Waals surface area (Å²) in [7, 11) is 0. The van der Waals surface area contributed by atoms with E-state index in [0.29, 0.717) is 0 Å². The van der Waals surface area contributed by atoms with Crippen molar-refractivity contribution in [1.82, 2.24) is 9.55 Å². The Kier molecular flexibility index (Phi) is 4.31. The Labute approximate surface area is 133 Å². The summed E-state index contributed by atoms with van der Waals surface area (Å²) >= 11 is 3.59. The van der Waals surface area contributed by atoms with Crippen LogP contribution in [-0.4, -0.2) is 22.2 Å². The second-order valence-electron chi connectivity index (χ2n) is 5.50. The second-order valence-corrected chi connectivity index (χ2v) is 6.41. The Morgan fingerprint density at radius 1 is 1.48 bits per heavy atom. The third-order valence-electron chi connectivity index (χ3n) is 3.94. The minimum absolute atomic E-state index is 0.163.